The first-order chi connectivity index (χ1) is 11.9. The molecule has 0 unspecified atom stereocenters. The van der Waals surface area contributed by atoms with Crippen LogP contribution >= 0.6 is 0 Å². The molecule has 0 saturated carbocycles. The molecule has 25 heavy (non-hydrogen) atoms. The van der Waals surface area contributed by atoms with Gasteiger partial charge in [0.25, 0.3) is 6.01 Å². The van der Waals surface area contributed by atoms with Crippen molar-refractivity contribution in [2.24, 2.45) is 0 Å². The van der Waals surface area contributed by atoms with Crippen molar-refractivity contribution in [3.63, 3.8) is 0 Å². The maximum absolute atomic E-state index is 12.2. The van der Waals surface area contributed by atoms with E-state index in [1.54, 1.807) is 23.1 Å². The highest BCUT2D eigenvalue weighted by Crippen LogP contribution is 2.23. The molecule has 2 heterocycles. The summed E-state index contributed by atoms with van der Waals surface area (Å²) in [6, 6.07) is 7.55. The van der Waals surface area contributed by atoms with E-state index in [1.165, 1.54) is 0 Å². The summed E-state index contributed by atoms with van der Waals surface area (Å²) in [5, 5.41) is 12.8. The molecule has 1 atom stereocenters. The van der Waals surface area contributed by atoms with Crippen LogP contribution in [0.2, 0.25) is 0 Å². The van der Waals surface area contributed by atoms with Crippen LogP contribution in [0.4, 0.5) is 16.5 Å². The third-order valence-electron chi connectivity index (χ3n) is 3.67. The van der Waals surface area contributed by atoms with Crippen LogP contribution in [-0.4, -0.2) is 41.3 Å². The fraction of sp³-hybridized carbons (Fsp3) is 0.353. The predicted molar refractivity (Wildman–Crippen MR) is 97.0 cm³/mol. The van der Waals surface area contributed by atoms with Crippen LogP contribution < -0.4 is 15.5 Å². The van der Waals surface area contributed by atoms with Gasteiger partial charge in [-0.15, -0.1) is 0 Å². The number of rotatable bonds is 5. The summed E-state index contributed by atoms with van der Waals surface area (Å²) in [4.78, 5) is 18.3. The van der Waals surface area contributed by atoms with Crippen LogP contribution in [-0.2, 0) is 6.42 Å². The van der Waals surface area contributed by atoms with Gasteiger partial charge < -0.3 is 20.0 Å². The maximum Gasteiger partial charge on any atom is 0.319 e. The summed E-state index contributed by atoms with van der Waals surface area (Å²) in [5.74, 6) is 0. The minimum Gasteiger partial charge on any atom is -0.423 e. The standard InChI is InChI=1S/C17H22N6O2/c1-10(7-13-8-11(2)21-22-13)18-16(24)19-12-5-6-15-14(9-12)20-17(25-15)23(3)4/h5-6,8-10H,7H2,1-4H3,(H,21,22)(H2,18,19,24)/t10-/m0/s1. The third kappa shape index (κ3) is 4.09. The van der Waals surface area contributed by atoms with Gasteiger partial charge in [0.15, 0.2) is 5.58 Å². The second-order valence-electron chi connectivity index (χ2n) is 6.32. The number of fused-ring (bicyclic) bond motifs is 1. The molecule has 8 nitrogen and oxygen atoms in total. The number of benzene rings is 1. The molecule has 0 aliphatic carbocycles. The Labute approximate surface area is 145 Å². The predicted octanol–water partition coefficient (Wildman–Crippen LogP) is 2.68. The van der Waals surface area contributed by atoms with Crippen LogP contribution in [0.3, 0.4) is 0 Å². The lowest BCUT2D eigenvalue weighted by Gasteiger charge is -2.13. The zero-order valence-corrected chi connectivity index (χ0v) is 14.8. The monoisotopic (exact) mass is 342 g/mol. The van der Waals surface area contributed by atoms with E-state index in [1.807, 2.05) is 34.0 Å². The molecule has 0 spiro atoms. The third-order valence-corrected chi connectivity index (χ3v) is 3.67. The fourth-order valence-electron chi connectivity index (χ4n) is 2.52. The lowest BCUT2D eigenvalue weighted by Crippen LogP contribution is -2.37. The summed E-state index contributed by atoms with van der Waals surface area (Å²) in [6.07, 6.45) is 0.659. The van der Waals surface area contributed by atoms with Gasteiger partial charge in [0.2, 0.25) is 0 Å². The van der Waals surface area contributed by atoms with Gasteiger partial charge in [0.05, 0.1) is 5.69 Å². The Morgan fingerprint density at radius 1 is 1.36 bits per heavy atom. The highest BCUT2D eigenvalue weighted by Gasteiger charge is 2.12. The number of aromatic nitrogens is 3. The van der Waals surface area contributed by atoms with E-state index in [4.69, 9.17) is 4.42 Å². The van der Waals surface area contributed by atoms with Crippen LogP contribution in [0.25, 0.3) is 11.1 Å². The molecule has 0 aliphatic rings. The molecule has 132 valence electrons. The molecule has 3 aromatic rings. The Balaban J connectivity index is 1.61. The highest BCUT2D eigenvalue weighted by molar-refractivity contribution is 5.91. The van der Waals surface area contributed by atoms with Crippen molar-refractivity contribution < 1.29 is 9.21 Å². The van der Waals surface area contributed by atoms with E-state index in [2.05, 4.69) is 25.8 Å². The maximum atomic E-state index is 12.2. The van der Waals surface area contributed by atoms with Gasteiger partial charge in [-0.1, -0.05) is 0 Å². The first kappa shape index (κ1) is 16.8. The molecular weight excluding hydrogens is 320 g/mol. The van der Waals surface area contributed by atoms with Crippen molar-refractivity contribution in [3.05, 3.63) is 35.7 Å². The minimum absolute atomic E-state index is 0.0428. The Hall–Kier alpha value is -3.03. The SMILES string of the molecule is Cc1cc(C[C@H](C)NC(=O)Nc2ccc3oc(N(C)C)nc3c2)n[nH]1. The molecule has 0 bridgehead atoms. The number of nitrogens with zero attached hydrogens (tertiary/aromatic N) is 3. The van der Waals surface area contributed by atoms with Crippen molar-refractivity contribution in [2.45, 2.75) is 26.3 Å². The van der Waals surface area contributed by atoms with Crippen molar-refractivity contribution >= 4 is 28.8 Å². The molecule has 2 amide bonds. The first-order valence-electron chi connectivity index (χ1n) is 8.07. The molecule has 1 aromatic carbocycles. The number of H-pyrrole nitrogens is 1. The number of aryl methyl sites for hydroxylation is 1. The second-order valence-corrected chi connectivity index (χ2v) is 6.32. The number of hydrogen-bond donors (Lipinski definition) is 3. The molecule has 3 rings (SSSR count). The molecular formula is C17H22N6O2. The lowest BCUT2D eigenvalue weighted by atomic mass is 10.2. The summed E-state index contributed by atoms with van der Waals surface area (Å²) in [6.45, 7) is 3.89. The van der Waals surface area contributed by atoms with Crippen molar-refractivity contribution in [2.75, 3.05) is 24.3 Å². The number of hydrogen-bond acceptors (Lipinski definition) is 5. The van der Waals surface area contributed by atoms with Gasteiger partial charge >= 0.3 is 6.03 Å². The van der Waals surface area contributed by atoms with E-state index < -0.39 is 0 Å². The summed E-state index contributed by atoms with van der Waals surface area (Å²) in [5.41, 5.74) is 3.96. The summed E-state index contributed by atoms with van der Waals surface area (Å²) < 4.78 is 5.60. The van der Waals surface area contributed by atoms with E-state index in [9.17, 15) is 4.79 Å². The summed E-state index contributed by atoms with van der Waals surface area (Å²) >= 11 is 0. The quantitative estimate of drug-likeness (QED) is 0.662. The zero-order valence-electron chi connectivity index (χ0n) is 14.8. The molecule has 2 aromatic heterocycles. The van der Waals surface area contributed by atoms with Crippen LogP contribution in [0.5, 0.6) is 0 Å². The van der Waals surface area contributed by atoms with Gasteiger partial charge in [-0.3, -0.25) is 5.10 Å². The number of carbonyl (C=O) groups excluding carboxylic acids is 1. The number of aromatic amines is 1. The molecule has 0 radical (unpaired) electrons. The number of carbonyl (C=O) groups is 1. The minimum atomic E-state index is -0.268. The molecule has 3 N–H and O–H groups in total. The van der Waals surface area contributed by atoms with E-state index in [-0.39, 0.29) is 12.1 Å². The average Bonchev–Trinajstić information content (AvgIpc) is 3.12. The van der Waals surface area contributed by atoms with E-state index in [0.717, 1.165) is 11.4 Å². The smallest absolute Gasteiger partial charge is 0.319 e. The van der Waals surface area contributed by atoms with Gasteiger partial charge in [-0.2, -0.15) is 10.1 Å². The topological polar surface area (TPSA) is 99.1 Å². The Morgan fingerprint density at radius 2 is 2.16 bits per heavy atom. The zero-order chi connectivity index (χ0) is 18.0. The Morgan fingerprint density at radius 3 is 2.84 bits per heavy atom. The largest absolute Gasteiger partial charge is 0.423 e. The van der Waals surface area contributed by atoms with Gasteiger partial charge in [0.1, 0.15) is 5.52 Å². The molecule has 0 aliphatic heterocycles. The lowest BCUT2D eigenvalue weighted by molar-refractivity contribution is 0.249. The van der Waals surface area contributed by atoms with Crippen LogP contribution in [0, 0.1) is 6.92 Å². The second kappa shape index (κ2) is 6.84. The van der Waals surface area contributed by atoms with Crippen molar-refractivity contribution in [3.8, 4) is 0 Å². The Kier molecular flexibility index (Phi) is 4.60. The van der Waals surface area contributed by atoms with Gasteiger partial charge in [-0.25, -0.2) is 4.79 Å². The van der Waals surface area contributed by atoms with Crippen molar-refractivity contribution in [1.29, 1.82) is 0 Å². The highest BCUT2D eigenvalue weighted by atomic mass is 16.4. The molecule has 0 saturated heterocycles. The van der Waals surface area contributed by atoms with E-state index in [0.29, 0.717) is 29.2 Å². The van der Waals surface area contributed by atoms with E-state index >= 15 is 0 Å². The number of amides is 2. The molecule has 8 heteroatoms. The summed E-state index contributed by atoms with van der Waals surface area (Å²) in [7, 11) is 3.72. The average molecular weight is 342 g/mol. The van der Waals surface area contributed by atoms with Gasteiger partial charge in [-0.05, 0) is 38.1 Å². The van der Waals surface area contributed by atoms with Gasteiger partial charge in [0, 0.05) is 37.9 Å². The fourth-order valence-corrected chi connectivity index (χ4v) is 2.52. The number of nitrogens with one attached hydrogen (secondary N) is 3. The first-order valence-corrected chi connectivity index (χ1v) is 8.07. The van der Waals surface area contributed by atoms with Crippen molar-refractivity contribution in [1.82, 2.24) is 20.5 Å². The van der Waals surface area contributed by atoms with Crippen LogP contribution in [0.1, 0.15) is 18.3 Å². The molecule has 0 fully saturated rings. The number of oxazole rings is 1. The normalized spacial score (nSPS) is 12.2. The Bertz CT molecular complexity index is 882. The number of urea groups is 1. The number of anilines is 2. The van der Waals surface area contributed by atoms with Crippen LogP contribution in [0.15, 0.2) is 28.7 Å².